The van der Waals surface area contributed by atoms with E-state index in [9.17, 15) is 9.59 Å². The van der Waals surface area contributed by atoms with Gasteiger partial charge in [-0.15, -0.1) is 11.3 Å². The summed E-state index contributed by atoms with van der Waals surface area (Å²) in [4.78, 5) is 24.1. The Bertz CT molecular complexity index is 864. The zero-order valence-electron chi connectivity index (χ0n) is 12.2. The van der Waals surface area contributed by atoms with Crippen LogP contribution in [-0.4, -0.2) is 11.8 Å². The predicted octanol–water partition coefficient (Wildman–Crippen LogP) is 3.38. The summed E-state index contributed by atoms with van der Waals surface area (Å²) in [6, 6.07) is 17.3. The van der Waals surface area contributed by atoms with Crippen LogP contribution in [0.1, 0.15) is 15.2 Å². The lowest BCUT2D eigenvalue weighted by Crippen LogP contribution is -2.40. The third kappa shape index (κ3) is 3.64. The molecule has 0 spiro atoms. The first-order chi connectivity index (χ1) is 11.2. The minimum absolute atomic E-state index is 0.327. The summed E-state index contributed by atoms with van der Waals surface area (Å²) in [5.41, 5.74) is 5.70. The van der Waals surface area contributed by atoms with E-state index in [4.69, 9.17) is 0 Å². The van der Waals surface area contributed by atoms with E-state index in [-0.39, 0.29) is 11.8 Å². The molecule has 2 amide bonds. The quantitative estimate of drug-likeness (QED) is 0.574. The number of hydrazine groups is 1. The van der Waals surface area contributed by atoms with E-state index in [1.165, 1.54) is 17.4 Å². The van der Waals surface area contributed by atoms with E-state index in [2.05, 4.69) is 10.9 Å². The monoisotopic (exact) mass is 322 g/mol. The highest BCUT2D eigenvalue weighted by Crippen LogP contribution is 2.19. The summed E-state index contributed by atoms with van der Waals surface area (Å²) in [7, 11) is 0. The van der Waals surface area contributed by atoms with Gasteiger partial charge in [0.05, 0.1) is 4.88 Å². The maximum absolute atomic E-state index is 11.8. The van der Waals surface area contributed by atoms with Crippen molar-refractivity contribution < 1.29 is 9.59 Å². The van der Waals surface area contributed by atoms with Gasteiger partial charge >= 0.3 is 0 Å². The number of carbonyl (C=O) groups is 2. The Morgan fingerprint density at radius 3 is 2.57 bits per heavy atom. The fourth-order valence-corrected chi connectivity index (χ4v) is 2.81. The Morgan fingerprint density at radius 2 is 1.74 bits per heavy atom. The van der Waals surface area contributed by atoms with E-state index in [1.807, 2.05) is 42.5 Å². The van der Waals surface area contributed by atoms with Gasteiger partial charge in [-0.2, -0.15) is 0 Å². The fraction of sp³-hybridized carbons (Fsp3) is 0. The average Bonchev–Trinajstić information content (AvgIpc) is 3.12. The van der Waals surface area contributed by atoms with Crippen LogP contribution in [0.2, 0.25) is 0 Å². The molecule has 2 aromatic carbocycles. The van der Waals surface area contributed by atoms with Gasteiger partial charge < -0.3 is 0 Å². The number of benzene rings is 2. The standard InChI is InChI=1S/C18H14N2O2S/c21-17(19-20-18(22)16-9-4-12-23-16)11-10-14-7-3-6-13-5-1-2-8-15(13)14/h1-12H,(H,19,21)(H,20,22). The summed E-state index contributed by atoms with van der Waals surface area (Å²) in [5, 5.41) is 3.99. The largest absolute Gasteiger partial charge is 0.279 e. The number of nitrogens with one attached hydrogen (secondary N) is 2. The lowest BCUT2D eigenvalue weighted by atomic mass is 10.0. The molecule has 3 rings (SSSR count). The van der Waals surface area contributed by atoms with Crippen LogP contribution < -0.4 is 10.9 Å². The number of carbonyl (C=O) groups excluding carboxylic acids is 2. The zero-order valence-corrected chi connectivity index (χ0v) is 13.0. The lowest BCUT2D eigenvalue weighted by molar-refractivity contribution is -0.117. The van der Waals surface area contributed by atoms with E-state index >= 15 is 0 Å². The van der Waals surface area contributed by atoms with Crippen LogP contribution in [0, 0.1) is 0 Å². The predicted molar refractivity (Wildman–Crippen MR) is 92.9 cm³/mol. The molecule has 0 bridgehead atoms. The third-order valence-electron chi connectivity index (χ3n) is 3.28. The first-order valence-electron chi connectivity index (χ1n) is 7.04. The topological polar surface area (TPSA) is 58.2 Å². The molecule has 5 heteroatoms. The number of amides is 2. The first-order valence-corrected chi connectivity index (χ1v) is 7.92. The zero-order chi connectivity index (χ0) is 16.1. The Balaban J connectivity index is 1.65. The molecule has 0 aliphatic carbocycles. The normalized spacial score (nSPS) is 10.8. The molecule has 0 atom stereocenters. The SMILES string of the molecule is O=C(C=Cc1cccc2ccccc12)NNC(=O)c1cccs1. The molecule has 0 unspecified atom stereocenters. The van der Waals surface area contributed by atoms with Crippen molar-refractivity contribution in [2.45, 2.75) is 0 Å². The first kappa shape index (κ1) is 15.0. The number of fused-ring (bicyclic) bond motifs is 1. The summed E-state index contributed by atoms with van der Waals surface area (Å²) >= 11 is 1.31. The van der Waals surface area contributed by atoms with Crippen molar-refractivity contribution in [1.29, 1.82) is 0 Å². The maximum atomic E-state index is 11.8. The van der Waals surface area contributed by atoms with Crippen LogP contribution in [0.5, 0.6) is 0 Å². The molecule has 0 radical (unpaired) electrons. The van der Waals surface area contributed by atoms with Crippen molar-refractivity contribution in [2.24, 2.45) is 0 Å². The fourth-order valence-electron chi connectivity index (χ4n) is 2.19. The maximum Gasteiger partial charge on any atom is 0.279 e. The van der Waals surface area contributed by atoms with Gasteiger partial charge in [-0.05, 0) is 33.9 Å². The molecule has 2 N–H and O–H groups in total. The van der Waals surface area contributed by atoms with Crippen LogP contribution >= 0.6 is 11.3 Å². The number of thiophene rings is 1. The number of hydrogen-bond donors (Lipinski definition) is 2. The van der Waals surface area contributed by atoms with Gasteiger partial charge in [-0.3, -0.25) is 20.4 Å². The molecular formula is C18H14N2O2S. The third-order valence-corrected chi connectivity index (χ3v) is 4.15. The Labute approximate surface area is 137 Å². The highest BCUT2D eigenvalue weighted by Gasteiger charge is 2.06. The van der Waals surface area contributed by atoms with Gasteiger partial charge in [0.25, 0.3) is 11.8 Å². The van der Waals surface area contributed by atoms with Gasteiger partial charge in [0.2, 0.25) is 0 Å². The highest BCUT2D eigenvalue weighted by molar-refractivity contribution is 7.12. The van der Waals surface area contributed by atoms with Crippen LogP contribution in [0.4, 0.5) is 0 Å². The molecule has 0 aliphatic rings. The Hall–Kier alpha value is -2.92. The van der Waals surface area contributed by atoms with Gasteiger partial charge in [-0.25, -0.2) is 0 Å². The molecule has 0 fully saturated rings. The second kappa shape index (κ2) is 6.89. The summed E-state index contributed by atoms with van der Waals surface area (Å²) in [6.45, 7) is 0. The average molecular weight is 322 g/mol. The molecule has 4 nitrogen and oxygen atoms in total. The highest BCUT2D eigenvalue weighted by atomic mass is 32.1. The summed E-state index contributed by atoms with van der Waals surface area (Å²) in [5.74, 6) is -0.713. The second-order valence-corrected chi connectivity index (χ2v) is 5.77. The molecule has 1 aromatic heterocycles. The van der Waals surface area contributed by atoms with Crippen molar-refractivity contribution in [3.63, 3.8) is 0 Å². The van der Waals surface area contributed by atoms with Crippen molar-refractivity contribution in [1.82, 2.24) is 10.9 Å². The second-order valence-electron chi connectivity index (χ2n) is 4.82. The van der Waals surface area contributed by atoms with Crippen molar-refractivity contribution in [3.8, 4) is 0 Å². The van der Waals surface area contributed by atoms with Crippen LogP contribution in [-0.2, 0) is 4.79 Å². The van der Waals surface area contributed by atoms with Gasteiger partial charge in [0, 0.05) is 6.08 Å². The molecule has 1 heterocycles. The summed E-state index contributed by atoms with van der Waals surface area (Å²) in [6.07, 6.45) is 3.13. The van der Waals surface area contributed by atoms with Crippen molar-refractivity contribution in [3.05, 3.63) is 76.5 Å². The van der Waals surface area contributed by atoms with Gasteiger partial charge in [0.15, 0.2) is 0 Å². The molecule has 0 aliphatic heterocycles. The minimum atomic E-state index is -0.386. The molecule has 0 saturated heterocycles. The molecule has 23 heavy (non-hydrogen) atoms. The van der Waals surface area contributed by atoms with Crippen LogP contribution in [0.25, 0.3) is 16.8 Å². The van der Waals surface area contributed by atoms with Crippen molar-refractivity contribution >= 4 is 40.0 Å². The van der Waals surface area contributed by atoms with Crippen LogP contribution in [0.3, 0.4) is 0 Å². The number of hydrogen-bond acceptors (Lipinski definition) is 3. The molecule has 3 aromatic rings. The summed E-state index contributed by atoms with van der Waals surface area (Å²) < 4.78 is 0. The minimum Gasteiger partial charge on any atom is -0.268 e. The molecule has 0 saturated carbocycles. The molecular weight excluding hydrogens is 308 g/mol. The lowest BCUT2D eigenvalue weighted by Gasteiger charge is -2.04. The van der Waals surface area contributed by atoms with Crippen molar-refractivity contribution in [2.75, 3.05) is 0 Å². The molecule has 114 valence electrons. The van der Waals surface area contributed by atoms with E-state index in [0.29, 0.717) is 4.88 Å². The van der Waals surface area contributed by atoms with Crippen LogP contribution in [0.15, 0.2) is 66.1 Å². The number of rotatable bonds is 3. The smallest absolute Gasteiger partial charge is 0.268 e. The Morgan fingerprint density at radius 1 is 0.913 bits per heavy atom. The Kier molecular flexibility index (Phi) is 4.49. The van der Waals surface area contributed by atoms with E-state index < -0.39 is 0 Å². The van der Waals surface area contributed by atoms with Gasteiger partial charge in [-0.1, -0.05) is 48.5 Å². The van der Waals surface area contributed by atoms with E-state index in [1.54, 1.807) is 23.6 Å². The van der Waals surface area contributed by atoms with Gasteiger partial charge in [0.1, 0.15) is 0 Å². The van der Waals surface area contributed by atoms with E-state index in [0.717, 1.165) is 16.3 Å².